The van der Waals surface area contributed by atoms with Crippen LogP contribution in [0.4, 0.5) is 10.5 Å². The summed E-state index contributed by atoms with van der Waals surface area (Å²) in [5.41, 5.74) is 4.80. The van der Waals surface area contributed by atoms with Gasteiger partial charge in [0.1, 0.15) is 24.0 Å². The molecule has 0 spiro atoms. The molecule has 1 atom stereocenters. The van der Waals surface area contributed by atoms with Gasteiger partial charge in [-0.05, 0) is 40.8 Å². The first-order chi connectivity index (χ1) is 16.9. The number of carboxylic acids is 1. The Morgan fingerprint density at radius 3 is 2.17 bits per heavy atom. The molecule has 0 fully saturated rings. The second kappa shape index (κ2) is 10.3. The van der Waals surface area contributed by atoms with Crippen molar-refractivity contribution in [2.45, 2.75) is 25.3 Å². The van der Waals surface area contributed by atoms with Gasteiger partial charge >= 0.3 is 12.1 Å². The minimum atomic E-state index is -1.14. The van der Waals surface area contributed by atoms with E-state index in [-0.39, 0.29) is 23.8 Å². The fraction of sp³-hybridized carbons (Fsp3) is 0.222. The number of aromatic carboxylic acids is 1. The zero-order valence-electron chi connectivity index (χ0n) is 19.4. The van der Waals surface area contributed by atoms with Gasteiger partial charge in [0.15, 0.2) is 0 Å². The topological polar surface area (TPSA) is 114 Å². The molecule has 0 heterocycles. The quantitative estimate of drug-likeness (QED) is 0.438. The summed E-state index contributed by atoms with van der Waals surface area (Å²) < 4.78 is 10.6. The first-order valence-corrected chi connectivity index (χ1v) is 11.3. The smallest absolute Gasteiger partial charge is 0.407 e. The predicted molar refractivity (Wildman–Crippen MR) is 131 cm³/mol. The van der Waals surface area contributed by atoms with E-state index in [9.17, 15) is 19.5 Å². The van der Waals surface area contributed by atoms with Gasteiger partial charge in [-0.1, -0.05) is 55.5 Å². The summed E-state index contributed by atoms with van der Waals surface area (Å²) in [7, 11) is 1.35. The van der Waals surface area contributed by atoms with E-state index >= 15 is 0 Å². The molecule has 0 aliphatic heterocycles. The molecule has 8 heteroatoms. The Kier molecular flexibility index (Phi) is 7.01. The van der Waals surface area contributed by atoms with Crippen molar-refractivity contribution >= 4 is 23.7 Å². The van der Waals surface area contributed by atoms with Crippen LogP contribution < -0.4 is 15.4 Å². The van der Waals surface area contributed by atoms with Crippen molar-refractivity contribution in [1.82, 2.24) is 5.32 Å². The number of ether oxygens (including phenoxy) is 2. The van der Waals surface area contributed by atoms with Crippen LogP contribution in [0.5, 0.6) is 5.75 Å². The molecule has 0 aromatic heterocycles. The molecule has 8 nitrogen and oxygen atoms in total. The highest BCUT2D eigenvalue weighted by Crippen LogP contribution is 2.44. The van der Waals surface area contributed by atoms with Crippen LogP contribution in [-0.2, 0) is 9.53 Å². The van der Waals surface area contributed by atoms with E-state index in [2.05, 4.69) is 22.8 Å². The number of nitrogens with one attached hydrogen (secondary N) is 2. The Morgan fingerprint density at radius 1 is 0.971 bits per heavy atom. The van der Waals surface area contributed by atoms with Gasteiger partial charge in [0.25, 0.3) is 0 Å². The number of rotatable bonds is 8. The lowest BCUT2D eigenvalue weighted by atomic mass is 9.98. The zero-order chi connectivity index (χ0) is 24.9. The summed E-state index contributed by atoms with van der Waals surface area (Å²) in [5, 5.41) is 14.5. The SMILES string of the molecule is CCC(NC(=O)OCC1c2ccccc2-c2ccccc21)C(=O)Nc1ccc(C(=O)O)c(OC)c1. The molecule has 1 aliphatic rings. The number of benzene rings is 3. The Labute approximate surface area is 202 Å². The van der Waals surface area contributed by atoms with Gasteiger partial charge in [0.05, 0.1) is 7.11 Å². The number of anilines is 1. The lowest BCUT2D eigenvalue weighted by molar-refractivity contribution is -0.118. The summed E-state index contributed by atoms with van der Waals surface area (Å²) in [6.07, 6.45) is -0.354. The largest absolute Gasteiger partial charge is 0.496 e. The second-order valence-corrected chi connectivity index (χ2v) is 8.14. The van der Waals surface area contributed by atoms with Gasteiger partial charge in [-0.25, -0.2) is 9.59 Å². The Hall–Kier alpha value is -4.33. The second-order valence-electron chi connectivity index (χ2n) is 8.14. The summed E-state index contributed by atoms with van der Waals surface area (Å²) in [4.78, 5) is 36.6. The number of amides is 2. The van der Waals surface area contributed by atoms with Crippen LogP contribution in [0.3, 0.4) is 0 Å². The van der Waals surface area contributed by atoms with Gasteiger partial charge in [-0.3, -0.25) is 4.79 Å². The number of methoxy groups -OCH3 is 1. The minimum Gasteiger partial charge on any atom is -0.496 e. The van der Waals surface area contributed by atoms with Crippen molar-refractivity contribution in [3.8, 4) is 16.9 Å². The predicted octanol–water partition coefficient (Wildman–Crippen LogP) is 4.65. The lowest BCUT2D eigenvalue weighted by Crippen LogP contribution is -2.43. The van der Waals surface area contributed by atoms with Crippen molar-refractivity contribution in [1.29, 1.82) is 0 Å². The number of hydrogen-bond donors (Lipinski definition) is 3. The molecule has 1 unspecified atom stereocenters. The van der Waals surface area contributed by atoms with Gasteiger partial charge in [-0.15, -0.1) is 0 Å². The van der Waals surface area contributed by atoms with Crippen LogP contribution in [0.2, 0.25) is 0 Å². The van der Waals surface area contributed by atoms with Crippen LogP contribution in [0, 0.1) is 0 Å². The van der Waals surface area contributed by atoms with Crippen molar-refractivity contribution in [2.75, 3.05) is 19.0 Å². The molecular formula is C27H26N2O6. The summed E-state index contributed by atoms with van der Waals surface area (Å²) >= 11 is 0. The van der Waals surface area contributed by atoms with E-state index < -0.39 is 24.0 Å². The number of carboxylic acid groups (broad SMARTS) is 1. The van der Waals surface area contributed by atoms with Crippen LogP contribution >= 0.6 is 0 Å². The van der Waals surface area contributed by atoms with E-state index in [0.717, 1.165) is 22.3 Å². The van der Waals surface area contributed by atoms with Crippen LogP contribution in [-0.4, -0.2) is 42.8 Å². The molecular weight excluding hydrogens is 448 g/mol. The number of carbonyl (C=O) groups excluding carboxylic acids is 2. The maximum atomic E-state index is 12.7. The fourth-order valence-electron chi connectivity index (χ4n) is 4.31. The van der Waals surface area contributed by atoms with Gasteiger partial charge < -0.3 is 25.2 Å². The highest BCUT2D eigenvalue weighted by atomic mass is 16.5. The van der Waals surface area contributed by atoms with E-state index in [1.807, 2.05) is 36.4 Å². The van der Waals surface area contributed by atoms with E-state index in [4.69, 9.17) is 9.47 Å². The Bertz CT molecular complexity index is 1230. The highest BCUT2D eigenvalue weighted by molar-refractivity contribution is 5.98. The number of alkyl carbamates (subject to hydrolysis) is 1. The molecule has 3 aromatic carbocycles. The summed E-state index contributed by atoms with van der Waals surface area (Å²) in [5.74, 6) is -1.55. The zero-order valence-corrected chi connectivity index (χ0v) is 19.4. The molecule has 3 N–H and O–H groups in total. The van der Waals surface area contributed by atoms with Crippen molar-refractivity contribution < 1.29 is 29.0 Å². The molecule has 180 valence electrons. The third-order valence-electron chi connectivity index (χ3n) is 6.06. The Morgan fingerprint density at radius 2 is 1.60 bits per heavy atom. The molecule has 35 heavy (non-hydrogen) atoms. The number of fused-ring (bicyclic) bond motifs is 3. The first-order valence-electron chi connectivity index (χ1n) is 11.3. The summed E-state index contributed by atoms with van der Waals surface area (Å²) in [6.45, 7) is 1.91. The average Bonchev–Trinajstić information content (AvgIpc) is 3.19. The van der Waals surface area contributed by atoms with Crippen LogP contribution in [0.25, 0.3) is 11.1 Å². The van der Waals surface area contributed by atoms with Crippen molar-refractivity contribution in [3.05, 3.63) is 83.4 Å². The van der Waals surface area contributed by atoms with Crippen LogP contribution in [0.15, 0.2) is 66.7 Å². The average molecular weight is 475 g/mol. The van der Waals surface area contributed by atoms with Gasteiger partial charge in [-0.2, -0.15) is 0 Å². The van der Waals surface area contributed by atoms with Crippen LogP contribution in [0.1, 0.15) is 40.7 Å². The number of carbonyl (C=O) groups is 3. The van der Waals surface area contributed by atoms with E-state index in [0.29, 0.717) is 12.1 Å². The molecule has 0 saturated carbocycles. The van der Waals surface area contributed by atoms with Crippen molar-refractivity contribution in [3.63, 3.8) is 0 Å². The molecule has 4 rings (SSSR count). The first kappa shape index (κ1) is 23.8. The maximum absolute atomic E-state index is 12.7. The molecule has 0 saturated heterocycles. The third-order valence-corrected chi connectivity index (χ3v) is 6.06. The molecule has 0 radical (unpaired) electrons. The number of hydrogen-bond acceptors (Lipinski definition) is 5. The maximum Gasteiger partial charge on any atom is 0.407 e. The summed E-state index contributed by atoms with van der Waals surface area (Å²) in [6, 6.07) is 19.5. The normalized spacial score (nSPS) is 12.7. The minimum absolute atomic E-state index is 0.0192. The monoisotopic (exact) mass is 474 g/mol. The van der Waals surface area contributed by atoms with Gasteiger partial charge in [0.2, 0.25) is 5.91 Å². The molecule has 0 bridgehead atoms. The molecule has 1 aliphatic carbocycles. The van der Waals surface area contributed by atoms with Gasteiger partial charge in [0, 0.05) is 17.7 Å². The highest BCUT2D eigenvalue weighted by Gasteiger charge is 2.29. The lowest BCUT2D eigenvalue weighted by Gasteiger charge is -2.19. The van der Waals surface area contributed by atoms with E-state index in [1.165, 1.54) is 25.3 Å². The van der Waals surface area contributed by atoms with Crippen molar-refractivity contribution in [2.24, 2.45) is 0 Å². The third kappa shape index (κ3) is 4.96. The molecule has 2 amide bonds. The Balaban J connectivity index is 1.39. The fourth-order valence-corrected chi connectivity index (χ4v) is 4.31. The van der Waals surface area contributed by atoms with E-state index in [1.54, 1.807) is 6.92 Å². The standard InChI is InChI=1S/C27H26N2O6/c1-3-23(25(30)28-16-12-13-21(26(31)32)24(14-16)34-2)29-27(33)35-15-22-19-10-6-4-8-17(19)18-9-5-7-11-20(18)22/h4-14,22-23H,3,15H2,1-2H3,(H,28,30)(H,29,33)(H,31,32). The molecule has 3 aromatic rings.